The predicted molar refractivity (Wildman–Crippen MR) is 65.5 cm³/mol. The fourth-order valence-electron chi connectivity index (χ4n) is 2.07. The third-order valence-electron chi connectivity index (χ3n) is 2.99. The molecule has 0 aliphatic carbocycles. The second kappa shape index (κ2) is 5.16. The van der Waals surface area contributed by atoms with Gasteiger partial charge in [-0.3, -0.25) is 9.59 Å². The van der Waals surface area contributed by atoms with Crippen LogP contribution < -0.4 is 10.2 Å². The van der Waals surface area contributed by atoms with E-state index in [1.807, 2.05) is 6.92 Å². The number of nitrogens with one attached hydrogen (secondary N) is 1. The zero-order valence-corrected chi connectivity index (χ0v) is 10.1. The van der Waals surface area contributed by atoms with E-state index in [9.17, 15) is 14.0 Å². The van der Waals surface area contributed by atoms with E-state index >= 15 is 0 Å². The summed E-state index contributed by atoms with van der Waals surface area (Å²) < 4.78 is 12.8. The Hall–Kier alpha value is -1.91. The topological polar surface area (TPSA) is 49.4 Å². The second-order valence-electron chi connectivity index (χ2n) is 4.28. The lowest BCUT2D eigenvalue weighted by atomic mass is 10.1. The third kappa shape index (κ3) is 2.50. The fourth-order valence-corrected chi connectivity index (χ4v) is 2.07. The molecular weight excluding hydrogens is 235 g/mol. The number of carbonyl (C=O) groups excluding carboxylic acids is 2. The SMILES string of the molecule is CCNC(=O)C1CC(=O)N(c2ccc(F)cc2)C1. The van der Waals surface area contributed by atoms with Gasteiger partial charge in [0.05, 0.1) is 5.92 Å². The van der Waals surface area contributed by atoms with Crippen molar-refractivity contribution in [1.82, 2.24) is 5.32 Å². The van der Waals surface area contributed by atoms with Crippen molar-refractivity contribution in [1.29, 1.82) is 0 Å². The van der Waals surface area contributed by atoms with E-state index in [1.54, 1.807) is 12.1 Å². The highest BCUT2D eigenvalue weighted by Gasteiger charge is 2.34. The molecule has 0 aromatic heterocycles. The van der Waals surface area contributed by atoms with Gasteiger partial charge in [0.2, 0.25) is 11.8 Å². The molecule has 1 saturated heterocycles. The Morgan fingerprint density at radius 3 is 2.72 bits per heavy atom. The second-order valence-corrected chi connectivity index (χ2v) is 4.28. The Bertz CT molecular complexity index is 459. The van der Waals surface area contributed by atoms with Gasteiger partial charge in [-0.25, -0.2) is 4.39 Å². The van der Waals surface area contributed by atoms with Gasteiger partial charge in [-0.15, -0.1) is 0 Å². The summed E-state index contributed by atoms with van der Waals surface area (Å²) >= 11 is 0. The normalized spacial score (nSPS) is 19.1. The number of hydrogen-bond donors (Lipinski definition) is 1. The Morgan fingerprint density at radius 1 is 1.44 bits per heavy atom. The van der Waals surface area contributed by atoms with Crippen LogP contribution >= 0.6 is 0 Å². The lowest BCUT2D eigenvalue weighted by Gasteiger charge is -2.16. The maximum atomic E-state index is 12.8. The molecule has 96 valence electrons. The predicted octanol–water partition coefficient (Wildman–Crippen LogP) is 1.31. The van der Waals surface area contributed by atoms with Gasteiger partial charge >= 0.3 is 0 Å². The van der Waals surface area contributed by atoms with Crippen LogP contribution in [0.4, 0.5) is 10.1 Å². The molecule has 0 radical (unpaired) electrons. The number of hydrogen-bond acceptors (Lipinski definition) is 2. The van der Waals surface area contributed by atoms with E-state index in [4.69, 9.17) is 0 Å². The summed E-state index contributed by atoms with van der Waals surface area (Å²) in [6.45, 7) is 2.75. The summed E-state index contributed by atoms with van der Waals surface area (Å²) in [6.07, 6.45) is 0.212. The van der Waals surface area contributed by atoms with E-state index in [2.05, 4.69) is 5.32 Å². The molecule has 1 N–H and O–H groups in total. The number of carbonyl (C=O) groups is 2. The van der Waals surface area contributed by atoms with Gasteiger partial charge in [-0.2, -0.15) is 0 Å². The fraction of sp³-hybridized carbons (Fsp3) is 0.385. The Kier molecular flexibility index (Phi) is 3.60. The molecule has 0 bridgehead atoms. The van der Waals surface area contributed by atoms with Crippen molar-refractivity contribution in [3.63, 3.8) is 0 Å². The van der Waals surface area contributed by atoms with Crippen molar-refractivity contribution < 1.29 is 14.0 Å². The van der Waals surface area contributed by atoms with Crippen LogP contribution in [0.1, 0.15) is 13.3 Å². The van der Waals surface area contributed by atoms with Crippen LogP contribution in [-0.2, 0) is 9.59 Å². The number of nitrogens with zero attached hydrogens (tertiary/aromatic N) is 1. The average molecular weight is 250 g/mol. The van der Waals surface area contributed by atoms with Gasteiger partial charge in [0.25, 0.3) is 0 Å². The largest absolute Gasteiger partial charge is 0.356 e. The molecule has 0 spiro atoms. The number of rotatable bonds is 3. The Morgan fingerprint density at radius 2 is 2.11 bits per heavy atom. The molecule has 4 nitrogen and oxygen atoms in total. The zero-order valence-electron chi connectivity index (χ0n) is 10.1. The van der Waals surface area contributed by atoms with E-state index in [1.165, 1.54) is 17.0 Å². The van der Waals surface area contributed by atoms with Crippen molar-refractivity contribution in [2.45, 2.75) is 13.3 Å². The molecular formula is C13H15FN2O2. The molecule has 1 aliphatic heterocycles. The molecule has 18 heavy (non-hydrogen) atoms. The smallest absolute Gasteiger partial charge is 0.227 e. The highest BCUT2D eigenvalue weighted by Crippen LogP contribution is 2.25. The average Bonchev–Trinajstić information content (AvgIpc) is 2.73. The van der Waals surface area contributed by atoms with Crippen molar-refractivity contribution in [3.05, 3.63) is 30.1 Å². The first-order valence-electron chi connectivity index (χ1n) is 5.95. The van der Waals surface area contributed by atoms with Gasteiger partial charge in [0.15, 0.2) is 0 Å². The van der Waals surface area contributed by atoms with Crippen molar-refractivity contribution in [2.75, 3.05) is 18.0 Å². The van der Waals surface area contributed by atoms with Crippen LogP contribution in [0, 0.1) is 11.7 Å². The quantitative estimate of drug-likeness (QED) is 0.879. The Balaban J connectivity index is 2.10. The van der Waals surface area contributed by atoms with Crippen molar-refractivity contribution in [2.24, 2.45) is 5.92 Å². The summed E-state index contributed by atoms with van der Waals surface area (Å²) in [5, 5.41) is 2.71. The van der Waals surface area contributed by atoms with Crippen LogP contribution in [0.5, 0.6) is 0 Å². The first kappa shape index (κ1) is 12.5. The van der Waals surface area contributed by atoms with Crippen LogP contribution in [0.2, 0.25) is 0 Å². The monoisotopic (exact) mass is 250 g/mol. The molecule has 1 fully saturated rings. The maximum absolute atomic E-state index is 12.8. The third-order valence-corrected chi connectivity index (χ3v) is 2.99. The molecule has 2 amide bonds. The van der Waals surface area contributed by atoms with E-state index in [0.717, 1.165) is 0 Å². The van der Waals surface area contributed by atoms with Gasteiger partial charge in [0.1, 0.15) is 5.82 Å². The van der Waals surface area contributed by atoms with Crippen molar-refractivity contribution >= 4 is 17.5 Å². The summed E-state index contributed by atoms with van der Waals surface area (Å²) in [5.74, 6) is -0.860. The molecule has 1 atom stereocenters. The molecule has 1 aromatic carbocycles. The summed E-state index contributed by atoms with van der Waals surface area (Å²) in [4.78, 5) is 25.0. The van der Waals surface area contributed by atoms with Gasteiger partial charge in [0, 0.05) is 25.2 Å². The lowest BCUT2D eigenvalue weighted by molar-refractivity contribution is -0.126. The maximum Gasteiger partial charge on any atom is 0.227 e. The molecule has 2 rings (SSSR count). The molecule has 0 saturated carbocycles. The van der Waals surface area contributed by atoms with Crippen LogP contribution in [0.3, 0.4) is 0 Å². The number of anilines is 1. The standard InChI is InChI=1S/C13H15FN2O2/c1-2-15-13(18)9-7-12(17)16(8-9)11-5-3-10(14)4-6-11/h3-6,9H,2,7-8H2,1H3,(H,15,18). The van der Waals surface area contributed by atoms with Gasteiger partial charge < -0.3 is 10.2 Å². The number of amides is 2. The minimum absolute atomic E-state index is 0.0992. The van der Waals surface area contributed by atoms with Gasteiger partial charge in [-0.1, -0.05) is 0 Å². The summed E-state index contributed by atoms with van der Waals surface area (Å²) in [7, 11) is 0. The first-order chi connectivity index (χ1) is 8.61. The molecule has 1 aliphatic rings. The van der Waals surface area contributed by atoms with Gasteiger partial charge in [-0.05, 0) is 31.2 Å². The van der Waals surface area contributed by atoms with Crippen LogP contribution in [0.25, 0.3) is 0 Å². The van der Waals surface area contributed by atoms with Crippen LogP contribution in [-0.4, -0.2) is 24.9 Å². The highest BCUT2D eigenvalue weighted by molar-refractivity contribution is 6.00. The minimum Gasteiger partial charge on any atom is -0.356 e. The molecule has 5 heteroatoms. The zero-order chi connectivity index (χ0) is 13.1. The molecule has 1 unspecified atom stereocenters. The minimum atomic E-state index is -0.342. The number of halogens is 1. The first-order valence-corrected chi connectivity index (χ1v) is 5.95. The Labute approximate surface area is 105 Å². The van der Waals surface area contributed by atoms with Crippen molar-refractivity contribution in [3.8, 4) is 0 Å². The lowest BCUT2D eigenvalue weighted by Crippen LogP contribution is -2.32. The van der Waals surface area contributed by atoms with E-state index in [0.29, 0.717) is 18.8 Å². The molecule has 1 aromatic rings. The highest BCUT2D eigenvalue weighted by atomic mass is 19.1. The van der Waals surface area contributed by atoms with E-state index < -0.39 is 0 Å². The molecule has 1 heterocycles. The van der Waals surface area contributed by atoms with E-state index in [-0.39, 0.29) is 30.0 Å². The summed E-state index contributed by atoms with van der Waals surface area (Å²) in [5.41, 5.74) is 0.633. The van der Waals surface area contributed by atoms with Crippen LogP contribution in [0.15, 0.2) is 24.3 Å². The number of benzene rings is 1. The summed E-state index contributed by atoms with van der Waals surface area (Å²) in [6, 6.07) is 5.71.